The van der Waals surface area contributed by atoms with E-state index in [4.69, 9.17) is 11.6 Å². The molecular weight excluding hydrogens is 456 g/mol. The van der Waals surface area contributed by atoms with Crippen molar-refractivity contribution in [1.29, 1.82) is 0 Å². The lowest BCUT2D eigenvalue weighted by atomic mass is 9.93. The summed E-state index contributed by atoms with van der Waals surface area (Å²) in [4.78, 5) is 29.2. The third-order valence-electron chi connectivity index (χ3n) is 5.16. The molecule has 0 saturated carbocycles. The van der Waals surface area contributed by atoms with Gasteiger partial charge in [-0.2, -0.15) is 8.42 Å². The van der Waals surface area contributed by atoms with E-state index in [1.54, 1.807) is 37.4 Å². The Labute approximate surface area is 189 Å². The van der Waals surface area contributed by atoms with Gasteiger partial charge in [0.1, 0.15) is 11.9 Å². The average Bonchev–Trinajstić information content (AvgIpc) is 3.15. The van der Waals surface area contributed by atoms with Gasteiger partial charge < -0.3 is 15.2 Å². The van der Waals surface area contributed by atoms with E-state index in [0.29, 0.717) is 34.7 Å². The summed E-state index contributed by atoms with van der Waals surface area (Å²) >= 11 is 5.86. The predicted molar refractivity (Wildman–Crippen MR) is 117 cm³/mol. The standard InChI is InChI=1S/C21H19ClN4O5S/c1-26-11-18(32(29,30)31)25-19(26)14-5-4-13-9-17(24-20(27)16(13)8-14)21(28)23-10-12-2-6-15(22)7-3-12/h2-8,11,17H,9-10H2,1H3,(H,23,28)(H,24,27)(H,29,30,31). The SMILES string of the molecule is Cn1cc(S(=O)(=O)O)nc1-c1ccc2c(c1)C(=O)NC(C(=O)NCc1ccc(Cl)cc1)C2. The maximum absolute atomic E-state index is 12.7. The fourth-order valence-electron chi connectivity index (χ4n) is 3.52. The first kappa shape index (κ1) is 22.0. The van der Waals surface area contributed by atoms with Crippen molar-refractivity contribution in [3.05, 3.63) is 70.4 Å². The normalized spacial score (nSPS) is 15.7. The molecule has 1 aliphatic rings. The summed E-state index contributed by atoms with van der Waals surface area (Å²) in [6.45, 7) is 0.309. The first-order chi connectivity index (χ1) is 15.1. The van der Waals surface area contributed by atoms with Crippen LogP contribution >= 0.6 is 11.6 Å². The van der Waals surface area contributed by atoms with Crippen LogP contribution in [0.25, 0.3) is 11.4 Å². The lowest BCUT2D eigenvalue weighted by molar-refractivity contribution is -0.123. The average molecular weight is 475 g/mol. The number of amides is 2. The van der Waals surface area contributed by atoms with E-state index in [-0.39, 0.29) is 11.7 Å². The van der Waals surface area contributed by atoms with Crippen LogP contribution in [0.2, 0.25) is 5.02 Å². The second kappa shape index (κ2) is 8.38. The molecule has 4 rings (SSSR count). The van der Waals surface area contributed by atoms with E-state index in [9.17, 15) is 22.6 Å². The van der Waals surface area contributed by atoms with E-state index in [2.05, 4.69) is 15.6 Å². The minimum Gasteiger partial charge on any atom is -0.350 e. The van der Waals surface area contributed by atoms with E-state index in [0.717, 1.165) is 5.56 Å². The number of halogens is 1. The van der Waals surface area contributed by atoms with Gasteiger partial charge in [-0.05, 0) is 29.3 Å². The van der Waals surface area contributed by atoms with Crippen LogP contribution in [0.1, 0.15) is 21.5 Å². The van der Waals surface area contributed by atoms with Crippen molar-refractivity contribution in [2.45, 2.75) is 24.0 Å². The Balaban J connectivity index is 1.51. The quantitative estimate of drug-likeness (QED) is 0.484. The zero-order valence-electron chi connectivity index (χ0n) is 16.9. The molecule has 1 atom stereocenters. The van der Waals surface area contributed by atoms with Crippen LogP contribution in [-0.4, -0.2) is 40.4 Å². The number of hydrogen-bond acceptors (Lipinski definition) is 5. The molecule has 1 aliphatic heterocycles. The number of carbonyl (C=O) groups is 2. The molecule has 1 unspecified atom stereocenters. The van der Waals surface area contributed by atoms with Crippen molar-refractivity contribution in [2.75, 3.05) is 0 Å². The zero-order valence-corrected chi connectivity index (χ0v) is 18.4. The molecule has 0 radical (unpaired) electrons. The molecule has 2 amide bonds. The number of fused-ring (bicyclic) bond motifs is 1. The molecule has 0 saturated heterocycles. The topological polar surface area (TPSA) is 130 Å². The Morgan fingerprint density at radius 3 is 2.66 bits per heavy atom. The van der Waals surface area contributed by atoms with Crippen LogP contribution in [0, 0.1) is 0 Å². The number of imidazole rings is 1. The molecule has 0 aliphatic carbocycles. The second-order valence-corrected chi connectivity index (χ2v) is 9.24. The number of rotatable bonds is 5. The molecule has 0 bridgehead atoms. The molecule has 9 nitrogen and oxygen atoms in total. The molecule has 3 aromatic rings. The van der Waals surface area contributed by atoms with Gasteiger partial charge in [-0.1, -0.05) is 35.9 Å². The van der Waals surface area contributed by atoms with Gasteiger partial charge in [0.25, 0.3) is 5.91 Å². The van der Waals surface area contributed by atoms with E-state index in [1.807, 2.05) is 12.1 Å². The maximum atomic E-state index is 12.7. The van der Waals surface area contributed by atoms with Crippen LogP contribution in [-0.2, 0) is 34.9 Å². The van der Waals surface area contributed by atoms with E-state index >= 15 is 0 Å². The van der Waals surface area contributed by atoms with Gasteiger partial charge in [-0.25, -0.2) is 4.98 Å². The summed E-state index contributed by atoms with van der Waals surface area (Å²) < 4.78 is 33.3. The van der Waals surface area contributed by atoms with Crippen molar-refractivity contribution in [3.63, 3.8) is 0 Å². The van der Waals surface area contributed by atoms with Crippen molar-refractivity contribution in [2.24, 2.45) is 7.05 Å². The molecule has 1 aromatic heterocycles. The molecule has 166 valence electrons. The highest BCUT2D eigenvalue weighted by molar-refractivity contribution is 7.85. The fourth-order valence-corrected chi connectivity index (χ4v) is 4.14. The number of nitrogens with one attached hydrogen (secondary N) is 2. The molecule has 32 heavy (non-hydrogen) atoms. The van der Waals surface area contributed by atoms with Gasteiger partial charge in [0.2, 0.25) is 10.9 Å². The van der Waals surface area contributed by atoms with Crippen LogP contribution in [0.15, 0.2) is 53.7 Å². The van der Waals surface area contributed by atoms with Gasteiger partial charge in [-0.3, -0.25) is 14.1 Å². The van der Waals surface area contributed by atoms with Crippen LogP contribution < -0.4 is 10.6 Å². The summed E-state index contributed by atoms with van der Waals surface area (Å²) in [5, 5.41) is 5.65. The summed E-state index contributed by atoms with van der Waals surface area (Å²) in [6.07, 6.45) is 1.50. The highest BCUT2D eigenvalue weighted by Crippen LogP contribution is 2.26. The largest absolute Gasteiger partial charge is 0.350 e. The monoisotopic (exact) mass is 474 g/mol. The van der Waals surface area contributed by atoms with Crippen LogP contribution in [0.5, 0.6) is 0 Å². The van der Waals surface area contributed by atoms with Crippen molar-refractivity contribution in [1.82, 2.24) is 20.2 Å². The third kappa shape index (κ3) is 4.52. The molecule has 11 heteroatoms. The molecule has 0 fully saturated rings. The Kier molecular flexibility index (Phi) is 5.76. The summed E-state index contributed by atoms with van der Waals surface area (Å²) in [5.74, 6) is -0.440. The predicted octanol–water partition coefficient (Wildman–Crippen LogP) is 1.96. The lowest BCUT2D eigenvalue weighted by Crippen LogP contribution is -2.50. The third-order valence-corrected chi connectivity index (χ3v) is 6.13. The van der Waals surface area contributed by atoms with Crippen LogP contribution in [0.3, 0.4) is 0 Å². The summed E-state index contributed by atoms with van der Waals surface area (Å²) in [6, 6.07) is 11.4. The van der Waals surface area contributed by atoms with Gasteiger partial charge in [0.15, 0.2) is 0 Å². The van der Waals surface area contributed by atoms with Gasteiger partial charge in [0, 0.05) is 42.4 Å². The first-order valence-corrected chi connectivity index (χ1v) is 11.4. The first-order valence-electron chi connectivity index (χ1n) is 9.59. The summed E-state index contributed by atoms with van der Waals surface area (Å²) in [5.41, 5.74) is 2.45. The number of hydrogen-bond donors (Lipinski definition) is 3. The lowest BCUT2D eigenvalue weighted by Gasteiger charge is -2.25. The second-order valence-electron chi connectivity index (χ2n) is 7.44. The number of nitrogens with zero attached hydrogens (tertiary/aromatic N) is 2. The minimum absolute atomic E-state index is 0.274. The molecule has 0 spiro atoms. The number of benzene rings is 2. The molecule has 2 heterocycles. The van der Waals surface area contributed by atoms with E-state index < -0.39 is 27.1 Å². The van der Waals surface area contributed by atoms with Crippen molar-refractivity contribution >= 4 is 33.5 Å². The van der Waals surface area contributed by atoms with Crippen molar-refractivity contribution < 1.29 is 22.6 Å². The smallest absolute Gasteiger partial charge is 0.313 e. The van der Waals surface area contributed by atoms with Gasteiger partial charge >= 0.3 is 10.1 Å². The Morgan fingerprint density at radius 1 is 1.28 bits per heavy atom. The van der Waals surface area contributed by atoms with E-state index in [1.165, 1.54) is 10.8 Å². The number of carbonyl (C=O) groups excluding carboxylic acids is 2. The van der Waals surface area contributed by atoms with Crippen molar-refractivity contribution in [3.8, 4) is 11.4 Å². The number of aromatic nitrogens is 2. The van der Waals surface area contributed by atoms with Gasteiger partial charge in [-0.15, -0.1) is 0 Å². The Morgan fingerprint density at radius 2 is 2.00 bits per heavy atom. The Hall–Kier alpha value is -3.21. The Bertz CT molecular complexity index is 1320. The molecule has 2 aromatic carbocycles. The fraction of sp³-hybridized carbons (Fsp3) is 0.190. The molecular formula is C21H19ClN4O5S. The summed E-state index contributed by atoms with van der Waals surface area (Å²) in [7, 11) is -2.87. The number of aryl methyl sites for hydroxylation is 1. The maximum Gasteiger partial charge on any atom is 0.313 e. The van der Waals surface area contributed by atoms with Crippen LogP contribution in [0.4, 0.5) is 0 Å². The highest BCUT2D eigenvalue weighted by Gasteiger charge is 2.29. The highest BCUT2D eigenvalue weighted by atomic mass is 35.5. The molecule has 3 N–H and O–H groups in total. The zero-order chi connectivity index (χ0) is 23.0. The van der Waals surface area contributed by atoms with Gasteiger partial charge in [0.05, 0.1) is 0 Å². The minimum atomic E-state index is -4.45.